The molecule has 0 aromatic rings. The second-order valence-corrected chi connectivity index (χ2v) is 15.1. The summed E-state index contributed by atoms with van der Waals surface area (Å²) in [6.45, 7) is 17.5. The topological polar surface area (TPSA) is 84.2 Å². The van der Waals surface area contributed by atoms with Crippen molar-refractivity contribution in [2.45, 2.75) is 107 Å². The number of nitrogens with zero attached hydrogens (tertiary/aromatic N) is 1. The van der Waals surface area contributed by atoms with E-state index in [1.54, 1.807) is 0 Å². The molecule has 5 aliphatic rings. The van der Waals surface area contributed by atoms with Crippen LogP contribution in [-0.4, -0.2) is 24.1 Å². The minimum absolute atomic E-state index is 0.0131. The van der Waals surface area contributed by atoms with Crippen LogP contribution in [0.15, 0.2) is 22.8 Å². The van der Waals surface area contributed by atoms with Crippen LogP contribution in [-0.2, 0) is 19.1 Å². The SMILES string of the molecule is CCOC(=O)[C@]12CCC(C)(C)CC1=C1C(=O)C=C3[C@@]4(C)CC(C#N)C(=O)C(C)(C)[C@@H]4CC[C@@]3(C)[C@]1(C)CC2. The zero-order valence-electron chi connectivity index (χ0n) is 24.7. The molecule has 0 aliphatic heterocycles. The Morgan fingerprint density at radius 1 is 1.00 bits per heavy atom. The molecule has 0 spiro atoms. The first-order valence-electron chi connectivity index (χ1n) is 14.7. The Balaban J connectivity index is 1.74. The van der Waals surface area contributed by atoms with Gasteiger partial charge in [-0.05, 0) is 92.1 Å². The Hall–Kier alpha value is -2.22. The quantitative estimate of drug-likeness (QED) is 0.370. The molecule has 3 saturated carbocycles. The van der Waals surface area contributed by atoms with Gasteiger partial charge in [-0.25, -0.2) is 0 Å². The van der Waals surface area contributed by atoms with Crippen molar-refractivity contribution in [3.05, 3.63) is 22.8 Å². The van der Waals surface area contributed by atoms with Crippen LogP contribution in [0.4, 0.5) is 0 Å². The number of allylic oxidation sites excluding steroid dienone is 3. The van der Waals surface area contributed by atoms with E-state index in [4.69, 9.17) is 4.74 Å². The molecule has 0 radical (unpaired) electrons. The fourth-order valence-electron chi connectivity index (χ4n) is 9.99. The Kier molecular flexibility index (Phi) is 5.87. The Bertz CT molecular complexity index is 1230. The standard InChI is InChI=1S/C33H45NO4/c1-9-38-27(37)33-14-12-28(2,3)18-21(33)25-22(35)16-24-30(6)17-20(19-34)26(36)29(4,5)23(30)10-11-31(24,7)32(25,8)13-15-33/h16,20,23H,9-15,17-18H2,1-8H3/t20?,23-,30-,31+,32+,33-/m0/s1. The van der Waals surface area contributed by atoms with Crippen molar-refractivity contribution in [2.75, 3.05) is 6.61 Å². The molecule has 0 heterocycles. The lowest BCUT2D eigenvalue weighted by Gasteiger charge is -2.66. The number of carbonyl (C=O) groups is 3. The molecule has 6 atom stereocenters. The van der Waals surface area contributed by atoms with Gasteiger partial charge in [-0.3, -0.25) is 14.4 Å². The molecular weight excluding hydrogens is 474 g/mol. The molecule has 0 saturated heterocycles. The predicted molar refractivity (Wildman–Crippen MR) is 146 cm³/mol. The van der Waals surface area contributed by atoms with Crippen molar-refractivity contribution in [1.82, 2.24) is 0 Å². The first kappa shape index (κ1) is 27.4. The van der Waals surface area contributed by atoms with Crippen molar-refractivity contribution in [3.63, 3.8) is 0 Å². The average Bonchev–Trinajstić information content (AvgIpc) is 2.82. The number of hydrogen-bond donors (Lipinski definition) is 0. The molecule has 3 fully saturated rings. The Morgan fingerprint density at radius 3 is 2.29 bits per heavy atom. The maximum Gasteiger partial charge on any atom is 0.316 e. The van der Waals surface area contributed by atoms with Gasteiger partial charge in [0.2, 0.25) is 0 Å². The van der Waals surface area contributed by atoms with E-state index in [9.17, 15) is 19.6 Å². The molecule has 5 aliphatic carbocycles. The first-order valence-corrected chi connectivity index (χ1v) is 14.7. The monoisotopic (exact) mass is 519 g/mol. The molecule has 1 unspecified atom stereocenters. The third-order valence-electron chi connectivity index (χ3n) is 12.3. The van der Waals surface area contributed by atoms with Gasteiger partial charge in [-0.1, -0.05) is 54.0 Å². The van der Waals surface area contributed by atoms with E-state index in [-0.39, 0.29) is 34.3 Å². The highest BCUT2D eigenvalue weighted by atomic mass is 16.5. The number of rotatable bonds is 2. The van der Waals surface area contributed by atoms with E-state index in [1.807, 2.05) is 26.8 Å². The summed E-state index contributed by atoms with van der Waals surface area (Å²) in [4.78, 5) is 41.3. The maximum absolute atomic E-state index is 14.4. The predicted octanol–water partition coefficient (Wildman–Crippen LogP) is 6.91. The average molecular weight is 520 g/mol. The first-order chi connectivity index (χ1) is 17.5. The summed E-state index contributed by atoms with van der Waals surface area (Å²) in [6.07, 6.45) is 8.02. The second kappa shape index (κ2) is 8.15. The van der Waals surface area contributed by atoms with E-state index < -0.39 is 27.6 Å². The van der Waals surface area contributed by atoms with E-state index in [1.165, 1.54) is 0 Å². The summed E-state index contributed by atoms with van der Waals surface area (Å²) in [6, 6.07) is 2.31. The number of fused-ring (bicyclic) bond motifs is 6. The smallest absolute Gasteiger partial charge is 0.316 e. The van der Waals surface area contributed by atoms with Gasteiger partial charge in [-0.2, -0.15) is 5.26 Å². The summed E-state index contributed by atoms with van der Waals surface area (Å²) in [5.41, 5.74) is 0.631. The van der Waals surface area contributed by atoms with E-state index in [0.717, 1.165) is 55.2 Å². The molecule has 0 amide bonds. The number of esters is 1. The number of ether oxygens (including phenoxy) is 1. The van der Waals surface area contributed by atoms with E-state index in [2.05, 4.69) is 40.7 Å². The zero-order chi connectivity index (χ0) is 28.1. The minimum Gasteiger partial charge on any atom is -0.465 e. The van der Waals surface area contributed by atoms with Crippen LogP contribution in [0.3, 0.4) is 0 Å². The van der Waals surface area contributed by atoms with Gasteiger partial charge >= 0.3 is 5.97 Å². The van der Waals surface area contributed by atoms with Crippen molar-refractivity contribution in [2.24, 2.45) is 44.3 Å². The number of carbonyl (C=O) groups excluding carboxylic acids is 3. The molecule has 206 valence electrons. The Labute approximate surface area is 228 Å². The second-order valence-electron chi connectivity index (χ2n) is 15.1. The Morgan fingerprint density at radius 2 is 1.66 bits per heavy atom. The van der Waals surface area contributed by atoms with Gasteiger partial charge in [0, 0.05) is 16.4 Å². The summed E-state index contributed by atoms with van der Waals surface area (Å²) in [5, 5.41) is 9.94. The lowest BCUT2D eigenvalue weighted by molar-refractivity contribution is -0.158. The van der Waals surface area contributed by atoms with Crippen molar-refractivity contribution < 1.29 is 19.1 Å². The van der Waals surface area contributed by atoms with Crippen molar-refractivity contribution in [3.8, 4) is 6.07 Å². The fraction of sp³-hybridized carbons (Fsp3) is 0.758. The molecule has 0 N–H and O–H groups in total. The molecular formula is C33H45NO4. The molecule has 0 aromatic carbocycles. The largest absolute Gasteiger partial charge is 0.465 e. The number of hydrogen-bond acceptors (Lipinski definition) is 5. The third-order valence-corrected chi connectivity index (χ3v) is 12.3. The number of ketones is 2. The molecule has 38 heavy (non-hydrogen) atoms. The molecule has 5 nitrogen and oxygen atoms in total. The van der Waals surface area contributed by atoms with Crippen LogP contribution < -0.4 is 0 Å². The van der Waals surface area contributed by atoms with Crippen molar-refractivity contribution in [1.29, 1.82) is 5.26 Å². The van der Waals surface area contributed by atoms with E-state index in [0.29, 0.717) is 19.4 Å². The fourth-order valence-corrected chi connectivity index (χ4v) is 9.99. The summed E-state index contributed by atoms with van der Waals surface area (Å²) in [7, 11) is 0. The van der Waals surface area contributed by atoms with Crippen LogP contribution in [0, 0.1) is 55.7 Å². The lowest BCUT2D eigenvalue weighted by atomic mass is 9.36. The highest BCUT2D eigenvalue weighted by Crippen LogP contribution is 2.73. The van der Waals surface area contributed by atoms with Crippen LogP contribution in [0.25, 0.3) is 0 Å². The van der Waals surface area contributed by atoms with Gasteiger partial charge in [0.25, 0.3) is 0 Å². The van der Waals surface area contributed by atoms with Gasteiger partial charge in [-0.15, -0.1) is 0 Å². The van der Waals surface area contributed by atoms with Crippen LogP contribution in [0.1, 0.15) is 107 Å². The normalized spacial score (nSPS) is 43.1. The summed E-state index contributed by atoms with van der Waals surface area (Å²) >= 11 is 0. The van der Waals surface area contributed by atoms with Crippen LogP contribution in [0.2, 0.25) is 0 Å². The number of Topliss-reactive ketones (excluding diaryl/α,β-unsaturated/α-hetero) is 1. The van der Waals surface area contributed by atoms with Crippen LogP contribution in [0.5, 0.6) is 0 Å². The molecule has 5 rings (SSSR count). The lowest BCUT2D eigenvalue weighted by Crippen LogP contribution is -2.62. The highest BCUT2D eigenvalue weighted by Gasteiger charge is 2.68. The molecule has 0 bridgehead atoms. The van der Waals surface area contributed by atoms with E-state index >= 15 is 0 Å². The van der Waals surface area contributed by atoms with Gasteiger partial charge in [0.1, 0.15) is 5.92 Å². The van der Waals surface area contributed by atoms with Crippen LogP contribution >= 0.6 is 0 Å². The van der Waals surface area contributed by atoms with Gasteiger partial charge < -0.3 is 4.74 Å². The molecule has 0 aromatic heterocycles. The summed E-state index contributed by atoms with van der Waals surface area (Å²) in [5.74, 6) is -0.643. The highest BCUT2D eigenvalue weighted by molar-refractivity contribution is 6.09. The van der Waals surface area contributed by atoms with Gasteiger partial charge in [0.15, 0.2) is 11.6 Å². The van der Waals surface area contributed by atoms with Gasteiger partial charge in [0.05, 0.1) is 18.1 Å². The minimum atomic E-state index is -0.704. The zero-order valence-corrected chi connectivity index (χ0v) is 24.7. The summed E-state index contributed by atoms with van der Waals surface area (Å²) < 4.78 is 5.67. The number of nitriles is 1. The third kappa shape index (κ3) is 3.24. The maximum atomic E-state index is 14.4. The van der Waals surface area contributed by atoms with Crippen molar-refractivity contribution >= 4 is 17.5 Å². The molecule has 5 heteroatoms.